The summed E-state index contributed by atoms with van der Waals surface area (Å²) in [6.45, 7) is 2.00. The first-order valence-electron chi connectivity index (χ1n) is 11.2. The number of nitrogens with zero attached hydrogens (tertiary/aromatic N) is 2. The number of carbonyl (C=O) groups is 1. The van der Waals surface area contributed by atoms with E-state index in [1.165, 1.54) is 25.8 Å². The Hall–Kier alpha value is -3.82. The van der Waals surface area contributed by atoms with Gasteiger partial charge in [-0.15, -0.1) is 0 Å². The lowest BCUT2D eigenvalue weighted by Crippen LogP contribution is -2.32. The number of benzene rings is 2. The minimum absolute atomic E-state index is 0.00441. The third kappa shape index (κ3) is 5.16. The molecule has 7 nitrogen and oxygen atoms in total. The summed E-state index contributed by atoms with van der Waals surface area (Å²) in [5, 5.41) is 8.47. The maximum absolute atomic E-state index is 13.8. The van der Waals surface area contributed by atoms with Crippen LogP contribution in [0.5, 0.6) is 5.75 Å². The molecule has 0 saturated heterocycles. The molecule has 0 unspecified atom stereocenters. The van der Waals surface area contributed by atoms with Crippen LogP contribution >= 0.6 is 0 Å². The Morgan fingerprint density at radius 2 is 1.94 bits per heavy atom. The quantitative estimate of drug-likeness (QED) is 0.448. The number of nitrogens with one attached hydrogen (secondary N) is 3. The second-order valence-electron chi connectivity index (χ2n) is 8.35. The first-order valence-corrected chi connectivity index (χ1v) is 11.2. The molecule has 0 spiro atoms. The Morgan fingerprint density at radius 3 is 2.66 bits per heavy atom. The molecule has 10 heteroatoms. The van der Waals surface area contributed by atoms with Crippen molar-refractivity contribution in [1.29, 1.82) is 0 Å². The number of aryl methyl sites for hydroxylation is 1. The molecule has 1 aliphatic rings. The summed E-state index contributed by atoms with van der Waals surface area (Å²) in [4.78, 5) is 20.0. The van der Waals surface area contributed by atoms with Crippen molar-refractivity contribution >= 4 is 23.4 Å². The van der Waals surface area contributed by atoms with Crippen molar-refractivity contribution in [2.75, 3.05) is 24.8 Å². The van der Waals surface area contributed by atoms with E-state index >= 15 is 0 Å². The molecule has 1 aromatic heterocycles. The molecule has 0 fully saturated rings. The van der Waals surface area contributed by atoms with Gasteiger partial charge in [0.05, 0.1) is 12.8 Å². The summed E-state index contributed by atoms with van der Waals surface area (Å²) in [7, 11) is 2.94. The van der Waals surface area contributed by atoms with Gasteiger partial charge in [0.25, 0.3) is 5.91 Å². The lowest BCUT2D eigenvalue weighted by Gasteiger charge is -2.33. The summed E-state index contributed by atoms with van der Waals surface area (Å²) in [5.41, 5.74) is 2.18. The second kappa shape index (κ2) is 9.81. The molecule has 1 amide bonds. The fourth-order valence-corrected chi connectivity index (χ4v) is 4.32. The van der Waals surface area contributed by atoms with E-state index in [9.17, 15) is 18.0 Å². The Balaban J connectivity index is 1.64. The van der Waals surface area contributed by atoms with Gasteiger partial charge in [-0.25, -0.2) is 4.98 Å². The predicted octanol–water partition coefficient (Wildman–Crippen LogP) is 5.14. The monoisotopic (exact) mass is 485 g/mol. The fraction of sp³-hybridized carbons (Fsp3) is 0.320. The molecule has 0 radical (unpaired) electrons. The van der Waals surface area contributed by atoms with E-state index in [2.05, 4.69) is 32.0 Å². The van der Waals surface area contributed by atoms with Gasteiger partial charge in [-0.2, -0.15) is 18.2 Å². The number of halogens is 3. The van der Waals surface area contributed by atoms with E-state index in [4.69, 9.17) is 4.74 Å². The van der Waals surface area contributed by atoms with E-state index in [-0.39, 0.29) is 29.6 Å². The summed E-state index contributed by atoms with van der Waals surface area (Å²) in [6, 6.07) is 12.4. The molecule has 2 atom stereocenters. The van der Waals surface area contributed by atoms with Crippen molar-refractivity contribution in [3.05, 3.63) is 70.9 Å². The van der Waals surface area contributed by atoms with Crippen LogP contribution in [0.25, 0.3) is 0 Å². The van der Waals surface area contributed by atoms with Gasteiger partial charge >= 0.3 is 6.18 Å². The number of amides is 1. The number of rotatable bonds is 6. The number of methoxy groups -OCH3 is 1. The van der Waals surface area contributed by atoms with Crippen LogP contribution in [0.3, 0.4) is 0 Å². The molecule has 3 aromatic rings. The van der Waals surface area contributed by atoms with Crippen molar-refractivity contribution in [1.82, 2.24) is 15.3 Å². The maximum Gasteiger partial charge on any atom is 0.421 e. The van der Waals surface area contributed by atoms with Crippen LogP contribution in [0.1, 0.15) is 46.3 Å². The number of hydrogen-bond acceptors (Lipinski definition) is 6. The summed E-state index contributed by atoms with van der Waals surface area (Å²) in [5.74, 6) is -0.288. The van der Waals surface area contributed by atoms with Gasteiger partial charge in [-0.3, -0.25) is 4.79 Å². The first-order chi connectivity index (χ1) is 16.7. The lowest BCUT2D eigenvalue weighted by atomic mass is 9.80. The smallest absolute Gasteiger partial charge is 0.421 e. The number of carbonyl (C=O) groups excluding carboxylic acids is 1. The highest BCUT2D eigenvalue weighted by molar-refractivity contribution is 5.95. The van der Waals surface area contributed by atoms with Crippen LogP contribution in [0.15, 0.2) is 48.7 Å². The Morgan fingerprint density at radius 1 is 1.17 bits per heavy atom. The summed E-state index contributed by atoms with van der Waals surface area (Å²) in [6.07, 6.45) is -2.41. The standard InChI is InChI=1S/C25H26F3N5O2/c1-14-17-7-5-4-6-15(17)8-10-19(14)31-22-18(25(26,27)28)13-30-24(33-22)32-20-11-9-16(23(34)29-2)12-21(20)35-3/h4-7,9,11-14,19H,8,10H2,1-3H3,(H,29,34)(H2,30,31,32,33)/t14-,19-/m1/s1. The molecular formula is C25H26F3N5O2. The van der Waals surface area contributed by atoms with Gasteiger partial charge in [0.2, 0.25) is 5.95 Å². The summed E-state index contributed by atoms with van der Waals surface area (Å²) >= 11 is 0. The van der Waals surface area contributed by atoms with E-state index in [1.54, 1.807) is 12.1 Å². The molecule has 4 rings (SSSR count). The maximum atomic E-state index is 13.8. The molecule has 3 N–H and O–H groups in total. The number of hydrogen-bond donors (Lipinski definition) is 3. The second-order valence-corrected chi connectivity index (χ2v) is 8.35. The van der Waals surface area contributed by atoms with Gasteiger partial charge < -0.3 is 20.7 Å². The zero-order valence-electron chi connectivity index (χ0n) is 19.5. The van der Waals surface area contributed by atoms with Crippen molar-refractivity contribution in [3.63, 3.8) is 0 Å². The van der Waals surface area contributed by atoms with Crippen LogP contribution in [-0.2, 0) is 12.6 Å². The Kier molecular flexibility index (Phi) is 6.81. The third-order valence-electron chi connectivity index (χ3n) is 6.23. The number of ether oxygens (including phenoxy) is 1. The van der Waals surface area contributed by atoms with Gasteiger partial charge in [0.1, 0.15) is 17.1 Å². The molecule has 2 aromatic carbocycles. The zero-order valence-corrected chi connectivity index (χ0v) is 19.5. The zero-order chi connectivity index (χ0) is 25.2. The summed E-state index contributed by atoms with van der Waals surface area (Å²) < 4.78 is 46.7. The average Bonchev–Trinajstić information content (AvgIpc) is 2.85. The van der Waals surface area contributed by atoms with Crippen molar-refractivity contribution in [2.24, 2.45) is 0 Å². The van der Waals surface area contributed by atoms with Crippen LogP contribution in [0.2, 0.25) is 0 Å². The topological polar surface area (TPSA) is 88.2 Å². The van der Waals surface area contributed by atoms with Gasteiger partial charge in [0.15, 0.2) is 0 Å². The molecule has 35 heavy (non-hydrogen) atoms. The highest BCUT2D eigenvalue weighted by Crippen LogP contribution is 2.38. The number of alkyl halides is 3. The van der Waals surface area contributed by atoms with Crippen molar-refractivity contribution < 1.29 is 22.7 Å². The van der Waals surface area contributed by atoms with E-state index in [0.717, 1.165) is 18.2 Å². The highest BCUT2D eigenvalue weighted by Gasteiger charge is 2.37. The molecule has 184 valence electrons. The number of fused-ring (bicyclic) bond motifs is 1. The fourth-order valence-electron chi connectivity index (χ4n) is 4.32. The largest absolute Gasteiger partial charge is 0.495 e. The normalized spacial score (nSPS) is 17.3. The molecule has 1 aliphatic carbocycles. The van der Waals surface area contributed by atoms with E-state index in [1.807, 2.05) is 25.1 Å². The minimum atomic E-state index is -4.62. The van der Waals surface area contributed by atoms with Crippen molar-refractivity contribution in [2.45, 2.75) is 37.9 Å². The highest BCUT2D eigenvalue weighted by atomic mass is 19.4. The molecular weight excluding hydrogens is 459 g/mol. The predicted molar refractivity (Wildman–Crippen MR) is 127 cm³/mol. The van der Waals surface area contributed by atoms with Crippen LogP contribution in [-0.4, -0.2) is 36.1 Å². The lowest BCUT2D eigenvalue weighted by molar-refractivity contribution is -0.137. The number of aromatic nitrogens is 2. The van der Waals surface area contributed by atoms with Crippen LogP contribution in [0, 0.1) is 0 Å². The third-order valence-corrected chi connectivity index (χ3v) is 6.23. The Bertz CT molecular complexity index is 1230. The van der Waals surface area contributed by atoms with Gasteiger partial charge in [-0.05, 0) is 42.2 Å². The first kappa shape index (κ1) is 24.3. The van der Waals surface area contributed by atoms with Gasteiger partial charge in [0, 0.05) is 30.8 Å². The van der Waals surface area contributed by atoms with E-state index in [0.29, 0.717) is 23.4 Å². The van der Waals surface area contributed by atoms with Gasteiger partial charge in [-0.1, -0.05) is 31.2 Å². The average molecular weight is 486 g/mol. The van der Waals surface area contributed by atoms with Crippen LogP contribution < -0.4 is 20.7 Å². The molecule has 0 aliphatic heterocycles. The molecule has 0 bridgehead atoms. The Labute approximate surface area is 201 Å². The minimum Gasteiger partial charge on any atom is -0.495 e. The van der Waals surface area contributed by atoms with Crippen molar-refractivity contribution in [3.8, 4) is 5.75 Å². The number of anilines is 3. The van der Waals surface area contributed by atoms with E-state index < -0.39 is 11.7 Å². The van der Waals surface area contributed by atoms with Crippen LogP contribution in [0.4, 0.5) is 30.6 Å². The molecule has 0 saturated carbocycles. The molecule has 1 heterocycles. The SMILES string of the molecule is CNC(=O)c1ccc(Nc2ncc(C(F)(F)F)c(N[C@@H]3CCc4ccccc4[C@H]3C)n2)c(OC)c1.